The normalized spacial score (nSPS) is 13.4. The molecule has 142 valence electrons. The molecule has 7 nitrogen and oxygen atoms in total. The molecule has 1 fully saturated rings. The molecular weight excluding hydrogens is 348 g/mol. The molecule has 0 radical (unpaired) electrons. The fraction of sp³-hybridized carbons (Fsp3) is 0.300. The molecule has 2 aromatic rings. The van der Waals surface area contributed by atoms with Crippen LogP contribution < -0.4 is 24.4 Å². The third-order valence-electron chi connectivity index (χ3n) is 4.47. The zero-order valence-corrected chi connectivity index (χ0v) is 15.6. The van der Waals surface area contributed by atoms with E-state index in [2.05, 4.69) is 5.32 Å². The molecule has 0 unspecified atom stereocenters. The van der Waals surface area contributed by atoms with Crippen molar-refractivity contribution in [3.63, 3.8) is 0 Å². The van der Waals surface area contributed by atoms with E-state index < -0.39 is 0 Å². The first-order valence-electron chi connectivity index (χ1n) is 8.59. The Bertz CT molecular complexity index is 865. The molecule has 2 amide bonds. The quantitative estimate of drug-likeness (QED) is 0.846. The van der Waals surface area contributed by atoms with Crippen LogP contribution in [0.5, 0.6) is 17.2 Å². The average molecular weight is 370 g/mol. The van der Waals surface area contributed by atoms with Gasteiger partial charge in [-0.15, -0.1) is 0 Å². The number of methoxy groups -OCH3 is 3. The van der Waals surface area contributed by atoms with Crippen LogP contribution in [0.25, 0.3) is 0 Å². The van der Waals surface area contributed by atoms with Gasteiger partial charge in [0.05, 0.1) is 38.3 Å². The van der Waals surface area contributed by atoms with E-state index in [0.717, 1.165) is 6.42 Å². The maximum atomic E-state index is 12.9. The van der Waals surface area contributed by atoms with Crippen molar-refractivity contribution in [2.45, 2.75) is 12.8 Å². The molecule has 1 saturated heterocycles. The summed E-state index contributed by atoms with van der Waals surface area (Å²) in [6.45, 7) is 0.644. The molecule has 1 aliphatic heterocycles. The van der Waals surface area contributed by atoms with Gasteiger partial charge < -0.3 is 24.4 Å². The summed E-state index contributed by atoms with van der Waals surface area (Å²) in [5.74, 6) is 0.938. The molecular formula is C20H22N2O5. The van der Waals surface area contributed by atoms with Crippen molar-refractivity contribution in [3.05, 3.63) is 42.0 Å². The number of rotatable bonds is 6. The Morgan fingerprint density at radius 2 is 1.67 bits per heavy atom. The largest absolute Gasteiger partial charge is 0.496 e. The predicted molar refractivity (Wildman–Crippen MR) is 102 cm³/mol. The first-order chi connectivity index (χ1) is 13.1. The minimum atomic E-state index is -0.369. The molecule has 27 heavy (non-hydrogen) atoms. The molecule has 0 atom stereocenters. The van der Waals surface area contributed by atoms with Gasteiger partial charge >= 0.3 is 0 Å². The molecule has 2 aromatic carbocycles. The van der Waals surface area contributed by atoms with Gasteiger partial charge in [0, 0.05) is 25.1 Å². The summed E-state index contributed by atoms with van der Waals surface area (Å²) in [5.41, 5.74) is 1.56. The van der Waals surface area contributed by atoms with E-state index in [9.17, 15) is 9.59 Å². The summed E-state index contributed by atoms with van der Waals surface area (Å²) in [6.07, 6.45) is 1.33. The van der Waals surface area contributed by atoms with Crippen molar-refractivity contribution in [2.75, 3.05) is 38.1 Å². The van der Waals surface area contributed by atoms with E-state index in [4.69, 9.17) is 14.2 Å². The van der Waals surface area contributed by atoms with Gasteiger partial charge in [0.25, 0.3) is 5.91 Å². The SMILES string of the molecule is COc1cc(OC)c(C(=O)Nc2ccccc2N2CCCC2=O)cc1OC. The van der Waals surface area contributed by atoms with Crippen LogP contribution in [-0.4, -0.2) is 39.7 Å². The zero-order valence-electron chi connectivity index (χ0n) is 15.6. The van der Waals surface area contributed by atoms with Gasteiger partial charge in [-0.2, -0.15) is 0 Å². The Hall–Kier alpha value is -3.22. The minimum Gasteiger partial charge on any atom is -0.496 e. The van der Waals surface area contributed by atoms with E-state index in [1.165, 1.54) is 21.3 Å². The maximum absolute atomic E-state index is 12.9. The van der Waals surface area contributed by atoms with Gasteiger partial charge in [0.15, 0.2) is 11.5 Å². The second-order valence-corrected chi connectivity index (χ2v) is 6.03. The Balaban J connectivity index is 1.94. The van der Waals surface area contributed by atoms with Crippen LogP contribution in [0.1, 0.15) is 23.2 Å². The molecule has 0 aliphatic carbocycles. The number of hydrogen-bond acceptors (Lipinski definition) is 5. The van der Waals surface area contributed by atoms with Gasteiger partial charge in [-0.3, -0.25) is 9.59 Å². The van der Waals surface area contributed by atoms with Crippen molar-refractivity contribution in [3.8, 4) is 17.2 Å². The lowest BCUT2D eigenvalue weighted by atomic mass is 10.1. The molecule has 0 bridgehead atoms. The summed E-state index contributed by atoms with van der Waals surface area (Å²) in [5, 5.41) is 2.88. The topological polar surface area (TPSA) is 77.1 Å². The molecule has 1 N–H and O–H groups in total. The number of nitrogens with zero attached hydrogens (tertiary/aromatic N) is 1. The number of para-hydroxylation sites is 2. The van der Waals surface area contributed by atoms with Crippen molar-refractivity contribution >= 4 is 23.2 Å². The fourth-order valence-electron chi connectivity index (χ4n) is 3.11. The Morgan fingerprint density at radius 1 is 1.00 bits per heavy atom. The third-order valence-corrected chi connectivity index (χ3v) is 4.47. The lowest BCUT2D eigenvalue weighted by Gasteiger charge is -2.20. The molecule has 0 saturated carbocycles. The number of hydrogen-bond donors (Lipinski definition) is 1. The van der Waals surface area contributed by atoms with Crippen molar-refractivity contribution in [1.29, 1.82) is 0 Å². The summed E-state index contributed by atoms with van der Waals surface area (Å²) in [6, 6.07) is 10.4. The average Bonchev–Trinajstić information content (AvgIpc) is 3.12. The van der Waals surface area contributed by atoms with Crippen LogP contribution in [0.4, 0.5) is 11.4 Å². The maximum Gasteiger partial charge on any atom is 0.259 e. The van der Waals surface area contributed by atoms with Crippen LogP contribution in [0, 0.1) is 0 Å². The lowest BCUT2D eigenvalue weighted by Crippen LogP contribution is -2.25. The summed E-state index contributed by atoms with van der Waals surface area (Å²) >= 11 is 0. The Labute approximate surface area is 157 Å². The van der Waals surface area contributed by atoms with Crippen LogP contribution >= 0.6 is 0 Å². The zero-order chi connectivity index (χ0) is 19.4. The van der Waals surface area contributed by atoms with Crippen LogP contribution in [-0.2, 0) is 4.79 Å². The van der Waals surface area contributed by atoms with Gasteiger partial charge in [-0.25, -0.2) is 0 Å². The first kappa shape index (κ1) is 18.6. The van der Waals surface area contributed by atoms with Crippen LogP contribution in [0.3, 0.4) is 0 Å². The molecule has 3 rings (SSSR count). The second-order valence-electron chi connectivity index (χ2n) is 6.03. The fourth-order valence-corrected chi connectivity index (χ4v) is 3.11. The molecule has 1 heterocycles. The lowest BCUT2D eigenvalue weighted by molar-refractivity contribution is -0.117. The second kappa shape index (κ2) is 7.99. The molecule has 1 aliphatic rings. The Morgan fingerprint density at radius 3 is 2.30 bits per heavy atom. The van der Waals surface area contributed by atoms with Gasteiger partial charge in [0.2, 0.25) is 5.91 Å². The third kappa shape index (κ3) is 3.67. The van der Waals surface area contributed by atoms with Crippen molar-refractivity contribution in [1.82, 2.24) is 0 Å². The van der Waals surface area contributed by atoms with Crippen molar-refractivity contribution < 1.29 is 23.8 Å². The number of carbonyl (C=O) groups is 2. The summed E-state index contributed by atoms with van der Waals surface area (Å²) in [4.78, 5) is 26.7. The van der Waals surface area contributed by atoms with E-state index in [0.29, 0.717) is 47.2 Å². The standard InChI is InChI=1S/C20H22N2O5/c1-25-16-12-18(27-3)17(26-2)11-13(16)20(24)21-14-7-4-5-8-15(14)22-10-6-9-19(22)23/h4-5,7-8,11-12H,6,9-10H2,1-3H3,(H,21,24). The highest BCUT2D eigenvalue weighted by Crippen LogP contribution is 2.36. The van der Waals surface area contributed by atoms with Gasteiger partial charge in [0.1, 0.15) is 5.75 Å². The van der Waals surface area contributed by atoms with E-state index in [-0.39, 0.29) is 11.8 Å². The number of benzene rings is 2. The highest BCUT2D eigenvalue weighted by atomic mass is 16.5. The van der Waals surface area contributed by atoms with Gasteiger partial charge in [-0.05, 0) is 18.6 Å². The highest BCUT2D eigenvalue weighted by molar-refractivity contribution is 6.09. The van der Waals surface area contributed by atoms with Crippen LogP contribution in [0.15, 0.2) is 36.4 Å². The summed E-state index contributed by atoms with van der Waals surface area (Å²) < 4.78 is 15.9. The number of carbonyl (C=O) groups excluding carboxylic acids is 2. The summed E-state index contributed by atoms with van der Waals surface area (Å²) in [7, 11) is 4.50. The smallest absolute Gasteiger partial charge is 0.259 e. The molecule has 0 spiro atoms. The monoisotopic (exact) mass is 370 g/mol. The number of amides is 2. The number of anilines is 2. The van der Waals surface area contributed by atoms with E-state index in [1.807, 2.05) is 18.2 Å². The predicted octanol–water partition coefficient (Wildman–Crippen LogP) is 3.09. The minimum absolute atomic E-state index is 0.0559. The first-order valence-corrected chi connectivity index (χ1v) is 8.59. The number of nitrogens with one attached hydrogen (secondary N) is 1. The Kier molecular flexibility index (Phi) is 5.49. The van der Waals surface area contributed by atoms with Crippen LogP contribution in [0.2, 0.25) is 0 Å². The van der Waals surface area contributed by atoms with E-state index in [1.54, 1.807) is 23.1 Å². The number of ether oxygens (including phenoxy) is 3. The molecule has 7 heteroatoms. The molecule has 0 aromatic heterocycles. The van der Waals surface area contributed by atoms with E-state index >= 15 is 0 Å². The van der Waals surface area contributed by atoms with Gasteiger partial charge in [-0.1, -0.05) is 12.1 Å². The highest BCUT2D eigenvalue weighted by Gasteiger charge is 2.25. The van der Waals surface area contributed by atoms with Crippen molar-refractivity contribution in [2.24, 2.45) is 0 Å².